The van der Waals surface area contributed by atoms with Crippen molar-refractivity contribution in [3.63, 3.8) is 0 Å². The second kappa shape index (κ2) is 6.59. The van der Waals surface area contributed by atoms with Crippen LogP contribution in [0.4, 0.5) is 5.69 Å². The minimum Gasteiger partial charge on any atom is -0.359 e. The monoisotopic (exact) mass is 357 g/mol. The van der Waals surface area contributed by atoms with Gasteiger partial charge in [0.25, 0.3) is 11.6 Å². The fourth-order valence-electron chi connectivity index (χ4n) is 2.31. The minimum absolute atomic E-state index is 0.0142. The average Bonchev–Trinajstić information content (AvgIpc) is 2.76. The number of aryl methyl sites for hydroxylation is 1. The molecule has 0 spiro atoms. The Morgan fingerprint density at radius 2 is 2.13 bits per heavy atom. The Bertz CT molecular complexity index is 776. The van der Waals surface area contributed by atoms with Crippen molar-refractivity contribution in [2.24, 2.45) is 0 Å². The van der Waals surface area contributed by atoms with E-state index in [4.69, 9.17) is 12.2 Å². The summed E-state index contributed by atoms with van der Waals surface area (Å²) in [6.45, 7) is 1.54. The molecule has 2 N–H and O–H groups in total. The second-order valence-electron chi connectivity index (χ2n) is 5.29. The molecule has 1 fully saturated rings. The predicted octanol–water partition coefficient (Wildman–Crippen LogP) is 0.695. The van der Waals surface area contributed by atoms with Gasteiger partial charge in [-0.25, -0.2) is 8.42 Å². The number of benzene rings is 1. The van der Waals surface area contributed by atoms with Gasteiger partial charge in [0.15, 0.2) is 14.9 Å². The van der Waals surface area contributed by atoms with Crippen LogP contribution in [0.3, 0.4) is 0 Å². The highest BCUT2D eigenvalue weighted by atomic mass is 32.2. The first-order valence-corrected chi connectivity index (χ1v) is 8.98. The Morgan fingerprint density at radius 3 is 2.65 bits per heavy atom. The zero-order chi connectivity index (χ0) is 17.2. The van der Waals surface area contributed by atoms with E-state index in [1.54, 1.807) is 0 Å². The molecule has 1 aliphatic rings. The summed E-state index contributed by atoms with van der Waals surface area (Å²) >= 11 is 5.00. The third-order valence-electron chi connectivity index (χ3n) is 3.45. The van der Waals surface area contributed by atoms with Crippen molar-refractivity contribution >= 4 is 38.8 Å². The Hall–Kier alpha value is -2.07. The molecule has 23 heavy (non-hydrogen) atoms. The average molecular weight is 357 g/mol. The van der Waals surface area contributed by atoms with Crippen molar-refractivity contribution in [1.29, 1.82) is 0 Å². The Morgan fingerprint density at radius 1 is 1.43 bits per heavy atom. The van der Waals surface area contributed by atoms with Crippen LogP contribution in [0, 0.1) is 17.0 Å². The van der Waals surface area contributed by atoms with E-state index in [0.717, 1.165) is 0 Å². The van der Waals surface area contributed by atoms with Crippen LogP contribution >= 0.6 is 12.2 Å². The van der Waals surface area contributed by atoms with Crippen LogP contribution in [0.25, 0.3) is 0 Å². The molecule has 1 aromatic rings. The number of rotatable bonds is 3. The number of carbonyl (C=O) groups excluding carboxylic acids is 1. The number of carbonyl (C=O) groups is 1. The van der Waals surface area contributed by atoms with Gasteiger partial charge < -0.3 is 5.32 Å². The summed E-state index contributed by atoms with van der Waals surface area (Å²) in [6.07, 6.45) is 0.439. The molecule has 1 atom stereocenters. The van der Waals surface area contributed by atoms with E-state index in [-0.39, 0.29) is 33.9 Å². The summed E-state index contributed by atoms with van der Waals surface area (Å²) in [6, 6.07) is 3.68. The summed E-state index contributed by atoms with van der Waals surface area (Å²) in [4.78, 5) is 22.3. The van der Waals surface area contributed by atoms with Crippen LogP contribution in [0.5, 0.6) is 0 Å². The molecule has 8 nitrogen and oxygen atoms in total. The number of hydrogen-bond acceptors (Lipinski definition) is 6. The summed E-state index contributed by atoms with van der Waals surface area (Å²) in [5.74, 6) is -0.427. The number of amides is 1. The van der Waals surface area contributed by atoms with Crippen LogP contribution in [0.2, 0.25) is 0 Å². The fourth-order valence-corrected chi connectivity index (χ4v) is 4.24. The molecule has 1 aromatic carbocycles. The number of nitrogens with zero attached hydrogens (tertiary/aromatic N) is 1. The smallest absolute Gasteiger partial charge is 0.272 e. The molecule has 0 bridgehead atoms. The van der Waals surface area contributed by atoms with Crippen molar-refractivity contribution in [3.8, 4) is 0 Å². The van der Waals surface area contributed by atoms with Gasteiger partial charge >= 0.3 is 0 Å². The van der Waals surface area contributed by atoms with Crippen LogP contribution in [0.1, 0.15) is 22.3 Å². The van der Waals surface area contributed by atoms with Crippen LogP contribution in [-0.2, 0) is 9.84 Å². The molecule has 1 amide bonds. The Labute approximate surface area is 138 Å². The molecule has 1 aliphatic heterocycles. The van der Waals surface area contributed by atoms with Gasteiger partial charge in [0, 0.05) is 23.2 Å². The van der Waals surface area contributed by atoms with Gasteiger partial charge in [0.2, 0.25) is 0 Å². The molecule has 1 heterocycles. The molecule has 124 valence electrons. The SMILES string of the molecule is Cc1cc(C(=O)NC(=S)NC2CCS(=O)(=O)C2)ccc1[N+](=O)[O-]. The fraction of sp³-hybridized carbons (Fsp3) is 0.385. The highest BCUT2D eigenvalue weighted by molar-refractivity contribution is 7.91. The number of nitrogens with one attached hydrogen (secondary N) is 2. The molecule has 10 heteroatoms. The van der Waals surface area contributed by atoms with Crippen molar-refractivity contribution in [1.82, 2.24) is 10.6 Å². The van der Waals surface area contributed by atoms with Gasteiger partial charge in [-0.2, -0.15) is 0 Å². The largest absolute Gasteiger partial charge is 0.359 e. The van der Waals surface area contributed by atoms with E-state index in [1.807, 2.05) is 0 Å². The predicted molar refractivity (Wildman–Crippen MR) is 88.1 cm³/mol. The van der Waals surface area contributed by atoms with Gasteiger partial charge in [0.1, 0.15) is 0 Å². The van der Waals surface area contributed by atoms with Gasteiger partial charge in [0.05, 0.1) is 16.4 Å². The molecule has 0 saturated carbocycles. The normalized spacial score (nSPS) is 19.1. The van der Waals surface area contributed by atoms with Crippen LogP contribution in [-0.4, -0.2) is 41.9 Å². The molecule has 0 aromatic heterocycles. The van der Waals surface area contributed by atoms with Crippen molar-refractivity contribution in [2.45, 2.75) is 19.4 Å². The van der Waals surface area contributed by atoms with Crippen molar-refractivity contribution in [3.05, 3.63) is 39.4 Å². The van der Waals surface area contributed by atoms with E-state index >= 15 is 0 Å². The standard InChI is InChI=1S/C13H15N3O5S2/c1-8-6-9(2-3-11(8)16(18)19)12(17)15-13(22)14-10-4-5-23(20,21)7-10/h2-3,6,10H,4-5,7H2,1H3,(H2,14,15,17,22). The van der Waals surface area contributed by atoms with E-state index in [2.05, 4.69) is 10.6 Å². The summed E-state index contributed by atoms with van der Waals surface area (Å²) in [5.41, 5.74) is 0.526. The maximum atomic E-state index is 12.1. The lowest BCUT2D eigenvalue weighted by molar-refractivity contribution is -0.385. The maximum absolute atomic E-state index is 12.1. The molecule has 0 radical (unpaired) electrons. The minimum atomic E-state index is -3.04. The molecule has 1 saturated heterocycles. The first-order chi connectivity index (χ1) is 10.7. The van der Waals surface area contributed by atoms with Gasteiger partial charge in [-0.1, -0.05) is 0 Å². The van der Waals surface area contributed by atoms with E-state index in [1.165, 1.54) is 25.1 Å². The van der Waals surface area contributed by atoms with E-state index in [9.17, 15) is 23.3 Å². The topological polar surface area (TPSA) is 118 Å². The zero-order valence-electron chi connectivity index (χ0n) is 12.2. The lowest BCUT2D eigenvalue weighted by atomic mass is 10.1. The van der Waals surface area contributed by atoms with Crippen LogP contribution < -0.4 is 10.6 Å². The van der Waals surface area contributed by atoms with E-state index in [0.29, 0.717) is 12.0 Å². The quantitative estimate of drug-likeness (QED) is 0.464. The summed E-state index contributed by atoms with van der Waals surface area (Å²) in [5, 5.41) is 16.0. The third kappa shape index (κ3) is 4.45. The van der Waals surface area contributed by atoms with Crippen molar-refractivity contribution in [2.75, 3.05) is 11.5 Å². The van der Waals surface area contributed by atoms with Crippen molar-refractivity contribution < 1.29 is 18.1 Å². The Balaban J connectivity index is 1.98. The molecule has 1 unspecified atom stereocenters. The first-order valence-electron chi connectivity index (χ1n) is 6.75. The Kier molecular flexibility index (Phi) is 4.95. The lowest BCUT2D eigenvalue weighted by Gasteiger charge is -2.14. The van der Waals surface area contributed by atoms with E-state index < -0.39 is 20.7 Å². The number of nitro groups is 1. The maximum Gasteiger partial charge on any atom is 0.272 e. The molecule has 2 rings (SSSR count). The number of sulfone groups is 1. The first kappa shape index (κ1) is 17.3. The number of thiocarbonyl (C=S) groups is 1. The van der Waals surface area contributed by atoms with Gasteiger partial charge in [-0.15, -0.1) is 0 Å². The highest BCUT2D eigenvalue weighted by Gasteiger charge is 2.28. The summed E-state index contributed by atoms with van der Waals surface area (Å²) < 4.78 is 22.7. The highest BCUT2D eigenvalue weighted by Crippen LogP contribution is 2.18. The summed E-state index contributed by atoms with van der Waals surface area (Å²) in [7, 11) is -3.04. The second-order valence-corrected chi connectivity index (χ2v) is 7.92. The van der Waals surface area contributed by atoms with Crippen LogP contribution in [0.15, 0.2) is 18.2 Å². The zero-order valence-corrected chi connectivity index (χ0v) is 13.9. The van der Waals surface area contributed by atoms with Gasteiger partial charge in [-0.05, 0) is 37.7 Å². The van der Waals surface area contributed by atoms with Gasteiger partial charge in [-0.3, -0.25) is 20.2 Å². The molecular formula is C13H15N3O5S2. The number of nitro benzene ring substituents is 1. The third-order valence-corrected chi connectivity index (χ3v) is 5.44. The lowest BCUT2D eigenvalue weighted by Crippen LogP contribution is -2.44. The molecular weight excluding hydrogens is 342 g/mol. The number of hydrogen-bond donors (Lipinski definition) is 2. The molecule has 0 aliphatic carbocycles.